The fourth-order valence-corrected chi connectivity index (χ4v) is 0.816. The number of halogens is 3. The summed E-state index contributed by atoms with van der Waals surface area (Å²) in [6.07, 6.45) is -3.70. The summed E-state index contributed by atoms with van der Waals surface area (Å²) < 4.78 is 39.0. The van der Waals surface area contributed by atoms with Gasteiger partial charge in [0, 0.05) is 6.54 Å². The highest BCUT2D eigenvalue weighted by atomic mass is 19.4. The number of rotatable bonds is 7. The highest BCUT2D eigenvalue weighted by Gasteiger charge is 2.27. The summed E-state index contributed by atoms with van der Waals surface area (Å²) >= 11 is 0. The topological polar surface area (TPSA) is 67.4 Å². The molecule has 0 fully saturated rings. The zero-order valence-electron chi connectivity index (χ0n) is 9.39. The van der Waals surface area contributed by atoms with Crippen molar-refractivity contribution >= 4 is 11.8 Å². The van der Waals surface area contributed by atoms with E-state index in [1.54, 1.807) is 0 Å². The van der Waals surface area contributed by atoms with E-state index in [1.807, 2.05) is 6.92 Å². The Morgan fingerprint density at radius 2 is 1.82 bits per heavy atom. The number of carbonyl (C=O) groups is 2. The van der Waals surface area contributed by atoms with Crippen LogP contribution in [-0.4, -0.2) is 44.3 Å². The molecule has 0 aromatic heterocycles. The minimum atomic E-state index is -4.46. The van der Waals surface area contributed by atoms with E-state index in [0.717, 1.165) is 6.42 Å². The number of hydrogen-bond acceptors (Lipinski definition) is 3. The number of nitrogens with one attached hydrogen (secondary N) is 2. The molecule has 0 atom stereocenters. The highest BCUT2D eigenvalue weighted by molar-refractivity contribution is 5.85. The molecule has 0 aliphatic rings. The van der Waals surface area contributed by atoms with Crippen molar-refractivity contribution in [2.24, 2.45) is 0 Å². The maximum atomic E-state index is 11.6. The lowest BCUT2D eigenvalue weighted by atomic mass is 10.4. The third-order valence-electron chi connectivity index (χ3n) is 1.52. The lowest BCUT2D eigenvalue weighted by molar-refractivity contribution is -0.175. The molecule has 0 aliphatic carbocycles. The van der Waals surface area contributed by atoms with Gasteiger partial charge in [0.25, 0.3) is 0 Å². The van der Waals surface area contributed by atoms with Gasteiger partial charge in [0.15, 0.2) is 0 Å². The van der Waals surface area contributed by atoms with E-state index >= 15 is 0 Å². The molecular weight excluding hydrogens is 241 g/mol. The van der Waals surface area contributed by atoms with Crippen LogP contribution in [-0.2, 0) is 14.3 Å². The molecule has 0 bridgehead atoms. The zero-order valence-corrected chi connectivity index (χ0v) is 9.39. The number of alkyl halides is 3. The second-order valence-corrected chi connectivity index (χ2v) is 3.23. The van der Waals surface area contributed by atoms with E-state index in [1.165, 1.54) is 0 Å². The van der Waals surface area contributed by atoms with Crippen LogP contribution >= 0.6 is 0 Å². The number of hydrogen-bond donors (Lipinski definition) is 2. The lowest BCUT2D eigenvalue weighted by Crippen LogP contribution is -2.39. The van der Waals surface area contributed by atoms with Gasteiger partial charge in [0.05, 0.1) is 6.54 Å². The molecular formula is C9H15F3N2O3. The third kappa shape index (κ3) is 11.0. The van der Waals surface area contributed by atoms with Crippen LogP contribution in [0.4, 0.5) is 13.2 Å². The molecule has 0 spiro atoms. The highest BCUT2D eigenvalue weighted by Crippen LogP contribution is 2.13. The predicted molar refractivity (Wildman–Crippen MR) is 53.2 cm³/mol. The largest absolute Gasteiger partial charge is 0.411 e. The smallest absolute Gasteiger partial charge is 0.362 e. The number of amides is 2. The lowest BCUT2D eigenvalue weighted by Gasteiger charge is -2.08. The maximum absolute atomic E-state index is 11.6. The van der Waals surface area contributed by atoms with Gasteiger partial charge < -0.3 is 15.4 Å². The van der Waals surface area contributed by atoms with Gasteiger partial charge in [-0.3, -0.25) is 9.59 Å². The van der Waals surface area contributed by atoms with Crippen molar-refractivity contribution in [1.82, 2.24) is 10.6 Å². The van der Waals surface area contributed by atoms with E-state index in [0.29, 0.717) is 6.54 Å². The first kappa shape index (κ1) is 15.7. The Balaban J connectivity index is 3.56. The molecule has 100 valence electrons. The van der Waals surface area contributed by atoms with Crippen LogP contribution in [0.2, 0.25) is 0 Å². The third-order valence-corrected chi connectivity index (χ3v) is 1.52. The average Bonchev–Trinajstić information content (AvgIpc) is 2.21. The van der Waals surface area contributed by atoms with Gasteiger partial charge in [-0.1, -0.05) is 6.92 Å². The molecule has 0 aromatic rings. The first-order chi connectivity index (χ1) is 7.85. The molecule has 0 rings (SSSR count). The number of ether oxygens (including phenoxy) is 1. The van der Waals surface area contributed by atoms with Crippen molar-refractivity contribution in [3.8, 4) is 0 Å². The molecule has 0 saturated carbocycles. The molecule has 2 N–H and O–H groups in total. The van der Waals surface area contributed by atoms with Crippen LogP contribution < -0.4 is 10.6 Å². The van der Waals surface area contributed by atoms with Gasteiger partial charge in [-0.2, -0.15) is 13.2 Å². The molecule has 2 amide bonds. The van der Waals surface area contributed by atoms with Crippen molar-refractivity contribution in [1.29, 1.82) is 0 Å². The Labute approximate surface area is 96.7 Å². The van der Waals surface area contributed by atoms with Crippen molar-refractivity contribution in [3.05, 3.63) is 0 Å². The summed E-state index contributed by atoms with van der Waals surface area (Å²) in [4.78, 5) is 21.9. The first-order valence-corrected chi connectivity index (χ1v) is 5.03. The monoisotopic (exact) mass is 256 g/mol. The second-order valence-electron chi connectivity index (χ2n) is 3.23. The summed E-state index contributed by atoms with van der Waals surface area (Å²) in [5.74, 6) is -1.16. The van der Waals surface area contributed by atoms with Crippen LogP contribution in [0.3, 0.4) is 0 Å². The molecule has 0 saturated heterocycles. The SMILES string of the molecule is CCCNC(=O)CNC(=O)COCC(F)(F)F. The maximum Gasteiger partial charge on any atom is 0.411 e. The molecule has 0 unspecified atom stereocenters. The van der Waals surface area contributed by atoms with Crippen LogP contribution in [0.15, 0.2) is 0 Å². The van der Waals surface area contributed by atoms with Crippen LogP contribution in [0.25, 0.3) is 0 Å². The van der Waals surface area contributed by atoms with Crippen molar-refractivity contribution < 1.29 is 27.5 Å². The molecule has 0 radical (unpaired) electrons. The Kier molecular flexibility index (Phi) is 7.27. The zero-order chi connectivity index (χ0) is 13.3. The summed E-state index contributed by atoms with van der Waals surface area (Å²) in [5, 5.41) is 4.63. The summed E-state index contributed by atoms with van der Waals surface area (Å²) in [5.41, 5.74) is 0. The normalized spacial score (nSPS) is 11.1. The fraction of sp³-hybridized carbons (Fsp3) is 0.778. The first-order valence-electron chi connectivity index (χ1n) is 5.03. The van der Waals surface area contributed by atoms with Crippen LogP contribution in [0.1, 0.15) is 13.3 Å². The van der Waals surface area contributed by atoms with Gasteiger partial charge >= 0.3 is 6.18 Å². The van der Waals surface area contributed by atoms with Gasteiger partial charge in [-0.25, -0.2) is 0 Å². The second kappa shape index (κ2) is 7.88. The van der Waals surface area contributed by atoms with Crippen LogP contribution in [0.5, 0.6) is 0 Å². The van der Waals surface area contributed by atoms with E-state index < -0.39 is 31.2 Å². The standard InChI is InChI=1S/C9H15F3N2O3/c1-2-3-13-7(15)4-14-8(16)5-17-6-9(10,11)12/h2-6H2,1H3,(H,13,15)(H,14,16). The van der Waals surface area contributed by atoms with E-state index in [-0.39, 0.29) is 6.54 Å². The van der Waals surface area contributed by atoms with Crippen LogP contribution in [0, 0.1) is 0 Å². The predicted octanol–water partition coefficient (Wildman–Crippen LogP) is 0.208. The van der Waals surface area contributed by atoms with Crippen molar-refractivity contribution in [2.75, 3.05) is 26.3 Å². The Morgan fingerprint density at radius 3 is 2.35 bits per heavy atom. The van der Waals surface area contributed by atoms with E-state index in [9.17, 15) is 22.8 Å². The minimum Gasteiger partial charge on any atom is -0.362 e. The molecule has 5 nitrogen and oxygen atoms in total. The number of carbonyl (C=O) groups excluding carboxylic acids is 2. The quantitative estimate of drug-likeness (QED) is 0.684. The molecule has 17 heavy (non-hydrogen) atoms. The summed E-state index contributed by atoms with van der Waals surface area (Å²) in [7, 11) is 0. The molecule has 8 heteroatoms. The van der Waals surface area contributed by atoms with Gasteiger partial charge in [0.2, 0.25) is 11.8 Å². The fourth-order valence-electron chi connectivity index (χ4n) is 0.816. The van der Waals surface area contributed by atoms with E-state index in [4.69, 9.17) is 0 Å². The molecule has 0 heterocycles. The van der Waals surface area contributed by atoms with Gasteiger partial charge in [0.1, 0.15) is 13.2 Å². The Bertz CT molecular complexity index is 256. The minimum absolute atomic E-state index is 0.270. The summed E-state index contributed by atoms with van der Waals surface area (Å²) in [6.45, 7) is -0.125. The summed E-state index contributed by atoms with van der Waals surface area (Å²) in [6, 6.07) is 0. The van der Waals surface area contributed by atoms with E-state index in [2.05, 4.69) is 15.4 Å². The Hall–Kier alpha value is -1.31. The van der Waals surface area contributed by atoms with Crippen molar-refractivity contribution in [3.63, 3.8) is 0 Å². The Morgan fingerprint density at radius 1 is 1.18 bits per heavy atom. The van der Waals surface area contributed by atoms with Gasteiger partial charge in [-0.15, -0.1) is 0 Å². The molecule has 0 aromatic carbocycles. The average molecular weight is 256 g/mol. The van der Waals surface area contributed by atoms with Gasteiger partial charge in [-0.05, 0) is 6.42 Å². The van der Waals surface area contributed by atoms with Crippen molar-refractivity contribution in [2.45, 2.75) is 19.5 Å². The molecule has 0 aliphatic heterocycles.